The minimum Gasteiger partial charge on any atom is -0.325 e. The maximum Gasteiger partial charge on any atom is 0.411 e. The lowest BCUT2D eigenvalue weighted by Gasteiger charge is -2.30. The van der Waals surface area contributed by atoms with Gasteiger partial charge >= 0.3 is 12.2 Å². The monoisotopic (exact) mass is 223 g/mol. The van der Waals surface area contributed by atoms with Gasteiger partial charge in [0.15, 0.2) is 0 Å². The molecule has 0 spiro atoms. The molecule has 0 aliphatic carbocycles. The van der Waals surface area contributed by atoms with Crippen molar-refractivity contribution < 1.29 is 18.0 Å². The van der Waals surface area contributed by atoms with Crippen LogP contribution >= 0.6 is 0 Å². The Bertz CT molecular complexity index is 244. The van der Waals surface area contributed by atoms with Crippen molar-refractivity contribution in [3.8, 4) is 0 Å². The van der Waals surface area contributed by atoms with Crippen LogP contribution in [0, 0.1) is 6.42 Å². The molecule has 1 aliphatic heterocycles. The van der Waals surface area contributed by atoms with Crippen LogP contribution in [-0.2, 0) is 0 Å². The molecule has 0 aromatic heterocycles. The smallest absolute Gasteiger partial charge is 0.325 e. The molecule has 0 unspecified atom stereocenters. The first-order chi connectivity index (χ1) is 6.74. The Morgan fingerprint density at radius 1 is 1.40 bits per heavy atom. The van der Waals surface area contributed by atoms with E-state index in [0.717, 1.165) is 20.3 Å². The molecular formula is C9H14F3N2O. The SMILES string of the molecule is CC(C)(NC(=O)N1C[CH]CC1)C(F)(F)F. The summed E-state index contributed by atoms with van der Waals surface area (Å²) in [6, 6.07) is -0.661. The Hall–Kier alpha value is -0.940. The van der Waals surface area contributed by atoms with Gasteiger partial charge in [-0.1, -0.05) is 0 Å². The van der Waals surface area contributed by atoms with E-state index in [1.165, 1.54) is 4.90 Å². The third-order valence-corrected chi connectivity index (χ3v) is 2.37. The second-order valence-electron chi connectivity index (χ2n) is 4.08. The van der Waals surface area contributed by atoms with Gasteiger partial charge in [-0.2, -0.15) is 13.2 Å². The van der Waals surface area contributed by atoms with Gasteiger partial charge in [-0.05, 0) is 26.7 Å². The Balaban J connectivity index is 2.57. The van der Waals surface area contributed by atoms with E-state index in [1.54, 1.807) is 0 Å². The van der Waals surface area contributed by atoms with Crippen molar-refractivity contribution >= 4 is 6.03 Å². The number of alkyl halides is 3. The summed E-state index contributed by atoms with van der Waals surface area (Å²) in [7, 11) is 0. The lowest BCUT2D eigenvalue weighted by molar-refractivity contribution is -0.182. The maximum atomic E-state index is 12.4. The Kier molecular flexibility index (Phi) is 3.16. The van der Waals surface area contributed by atoms with Crippen molar-refractivity contribution in [2.24, 2.45) is 0 Å². The average Bonchev–Trinajstić information content (AvgIpc) is 2.51. The lowest BCUT2D eigenvalue weighted by Crippen LogP contribution is -2.57. The van der Waals surface area contributed by atoms with Gasteiger partial charge < -0.3 is 10.2 Å². The van der Waals surface area contributed by atoms with Gasteiger partial charge in [0, 0.05) is 13.1 Å². The van der Waals surface area contributed by atoms with E-state index in [0.29, 0.717) is 13.1 Å². The summed E-state index contributed by atoms with van der Waals surface area (Å²) in [6.07, 6.45) is -1.84. The summed E-state index contributed by atoms with van der Waals surface area (Å²) in [5.41, 5.74) is -2.19. The van der Waals surface area contributed by atoms with Crippen LogP contribution in [0.25, 0.3) is 0 Å². The number of likely N-dealkylation sites (tertiary alicyclic amines) is 1. The molecule has 1 heterocycles. The summed E-state index contributed by atoms with van der Waals surface area (Å²) in [5, 5.41) is 1.98. The van der Waals surface area contributed by atoms with Gasteiger partial charge in [0.2, 0.25) is 0 Å². The number of nitrogens with zero attached hydrogens (tertiary/aromatic N) is 1. The summed E-state index contributed by atoms with van der Waals surface area (Å²) in [5.74, 6) is 0. The number of urea groups is 1. The zero-order valence-corrected chi connectivity index (χ0v) is 8.69. The van der Waals surface area contributed by atoms with E-state index >= 15 is 0 Å². The number of halogens is 3. The van der Waals surface area contributed by atoms with Crippen LogP contribution in [0.2, 0.25) is 0 Å². The molecule has 1 N–H and O–H groups in total. The normalized spacial score (nSPS) is 18.1. The first-order valence-electron chi connectivity index (χ1n) is 4.69. The fourth-order valence-corrected chi connectivity index (χ4v) is 1.19. The summed E-state index contributed by atoms with van der Waals surface area (Å²) in [6.45, 7) is 2.80. The number of amides is 2. The lowest BCUT2D eigenvalue weighted by atomic mass is 10.1. The molecule has 15 heavy (non-hydrogen) atoms. The predicted octanol–water partition coefficient (Wildman–Crippen LogP) is 1.95. The summed E-state index contributed by atoms with van der Waals surface area (Å²) in [4.78, 5) is 12.8. The van der Waals surface area contributed by atoms with Crippen molar-refractivity contribution in [2.75, 3.05) is 13.1 Å². The molecule has 87 valence electrons. The Labute approximate surface area is 86.6 Å². The van der Waals surface area contributed by atoms with Crippen molar-refractivity contribution in [3.05, 3.63) is 6.42 Å². The number of nitrogens with one attached hydrogen (secondary N) is 1. The van der Waals surface area contributed by atoms with E-state index in [2.05, 4.69) is 0 Å². The van der Waals surface area contributed by atoms with Gasteiger partial charge in [-0.25, -0.2) is 4.79 Å². The number of carbonyl (C=O) groups excluding carboxylic acids is 1. The Morgan fingerprint density at radius 3 is 2.40 bits per heavy atom. The topological polar surface area (TPSA) is 32.3 Å². The minimum absolute atomic E-state index is 0.416. The standard InChI is InChI=1S/C9H14F3N2O/c1-8(2,9(10,11)12)13-7(15)14-5-3-4-6-14/h3H,4-6H2,1-2H3,(H,13,15). The van der Waals surface area contributed by atoms with Crippen LogP contribution in [0.3, 0.4) is 0 Å². The van der Waals surface area contributed by atoms with Crippen LogP contribution in [0.15, 0.2) is 0 Å². The first kappa shape index (κ1) is 12.1. The molecule has 1 radical (unpaired) electrons. The molecule has 6 heteroatoms. The van der Waals surface area contributed by atoms with Crippen LogP contribution in [0.4, 0.5) is 18.0 Å². The second-order valence-corrected chi connectivity index (χ2v) is 4.08. The Morgan fingerprint density at radius 2 is 2.00 bits per heavy atom. The molecule has 1 saturated heterocycles. The van der Waals surface area contributed by atoms with Gasteiger partial charge in [0.1, 0.15) is 5.54 Å². The third kappa shape index (κ3) is 2.76. The zero-order valence-electron chi connectivity index (χ0n) is 8.69. The van der Waals surface area contributed by atoms with E-state index in [9.17, 15) is 18.0 Å². The second kappa shape index (κ2) is 3.90. The van der Waals surface area contributed by atoms with E-state index in [1.807, 2.05) is 11.7 Å². The van der Waals surface area contributed by atoms with Crippen molar-refractivity contribution in [1.82, 2.24) is 10.2 Å². The van der Waals surface area contributed by atoms with Crippen LogP contribution in [0.5, 0.6) is 0 Å². The first-order valence-corrected chi connectivity index (χ1v) is 4.69. The van der Waals surface area contributed by atoms with E-state index in [-0.39, 0.29) is 0 Å². The molecule has 3 nitrogen and oxygen atoms in total. The van der Waals surface area contributed by atoms with Crippen molar-refractivity contribution in [3.63, 3.8) is 0 Å². The molecule has 0 aromatic rings. The highest BCUT2D eigenvalue weighted by Crippen LogP contribution is 2.29. The zero-order chi connectivity index (χ0) is 11.7. The summed E-state index contributed by atoms with van der Waals surface area (Å²) < 4.78 is 37.3. The molecule has 1 rings (SSSR count). The number of hydrogen-bond acceptors (Lipinski definition) is 1. The van der Waals surface area contributed by atoms with Gasteiger partial charge in [0.05, 0.1) is 0 Å². The fraction of sp³-hybridized carbons (Fsp3) is 0.778. The molecule has 2 amide bonds. The van der Waals surface area contributed by atoms with Gasteiger partial charge in [-0.15, -0.1) is 0 Å². The average molecular weight is 223 g/mol. The third-order valence-electron chi connectivity index (χ3n) is 2.37. The fourth-order valence-electron chi connectivity index (χ4n) is 1.19. The van der Waals surface area contributed by atoms with E-state index < -0.39 is 17.7 Å². The highest BCUT2D eigenvalue weighted by atomic mass is 19.4. The number of rotatable bonds is 1. The van der Waals surface area contributed by atoms with Crippen LogP contribution < -0.4 is 5.32 Å². The van der Waals surface area contributed by atoms with Crippen LogP contribution in [0.1, 0.15) is 20.3 Å². The largest absolute Gasteiger partial charge is 0.411 e. The van der Waals surface area contributed by atoms with Gasteiger partial charge in [0.25, 0.3) is 0 Å². The maximum absolute atomic E-state index is 12.4. The van der Waals surface area contributed by atoms with Gasteiger partial charge in [-0.3, -0.25) is 0 Å². The highest BCUT2D eigenvalue weighted by Gasteiger charge is 2.48. The van der Waals surface area contributed by atoms with Crippen molar-refractivity contribution in [1.29, 1.82) is 0 Å². The summed E-state index contributed by atoms with van der Waals surface area (Å²) >= 11 is 0. The quantitative estimate of drug-likeness (QED) is 0.724. The molecule has 0 aromatic carbocycles. The molecule has 0 bridgehead atoms. The molecule has 0 atom stereocenters. The van der Waals surface area contributed by atoms with Crippen LogP contribution in [-0.4, -0.2) is 35.7 Å². The number of hydrogen-bond donors (Lipinski definition) is 1. The molecular weight excluding hydrogens is 209 g/mol. The highest BCUT2D eigenvalue weighted by molar-refractivity contribution is 5.75. The molecule has 1 fully saturated rings. The molecule has 0 saturated carbocycles. The van der Waals surface area contributed by atoms with E-state index in [4.69, 9.17) is 0 Å². The molecule has 1 aliphatic rings. The number of carbonyl (C=O) groups is 1. The predicted molar refractivity (Wildman–Crippen MR) is 49.2 cm³/mol. The minimum atomic E-state index is -4.44. The van der Waals surface area contributed by atoms with Crippen molar-refractivity contribution in [2.45, 2.75) is 32.0 Å².